The fraction of sp³-hybridized carbons (Fsp3) is 0.188. The topological polar surface area (TPSA) is 63.5 Å². The summed E-state index contributed by atoms with van der Waals surface area (Å²) in [6.07, 6.45) is 4.10. The Balaban J connectivity index is 1.93. The Morgan fingerprint density at radius 1 is 1.30 bits per heavy atom. The second-order valence-corrected chi connectivity index (χ2v) is 7.07. The molecule has 2 aromatic heterocycles. The standard InChI is InChI=1S/C16H13N3O2S2/c1-22-10-4-2-9(3-5-10)11-8-12(20)17-14-13(11)15(21)18-16-19(14)6-7-23-16/h2-7,11H,8H2,1H3,(H,17,20). The van der Waals surface area contributed by atoms with E-state index in [1.807, 2.05) is 42.1 Å². The van der Waals surface area contributed by atoms with Gasteiger partial charge in [-0.15, -0.1) is 23.1 Å². The maximum absolute atomic E-state index is 12.5. The molecule has 1 aromatic carbocycles. The van der Waals surface area contributed by atoms with E-state index < -0.39 is 0 Å². The molecule has 0 spiro atoms. The number of carbonyl (C=O) groups is 1. The van der Waals surface area contributed by atoms with Crippen molar-refractivity contribution in [1.29, 1.82) is 0 Å². The number of hydrogen-bond acceptors (Lipinski definition) is 5. The van der Waals surface area contributed by atoms with Crippen LogP contribution in [0.4, 0.5) is 5.82 Å². The largest absolute Gasteiger partial charge is 0.311 e. The van der Waals surface area contributed by atoms with Crippen LogP contribution in [0.25, 0.3) is 4.96 Å². The summed E-state index contributed by atoms with van der Waals surface area (Å²) in [4.78, 5) is 30.6. The van der Waals surface area contributed by atoms with Gasteiger partial charge in [-0.3, -0.25) is 14.0 Å². The number of carbonyl (C=O) groups excluding carboxylic acids is 1. The normalized spacial score (nSPS) is 17.1. The monoisotopic (exact) mass is 343 g/mol. The summed E-state index contributed by atoms with van der Waals surface area (Å²) in [6, 6.07) is 8.00. The molecular weight excluding hydrogens is 330 g/mol. The predicted octanol–water partition coefficient (Wildman–Crippen LogP) is 2.95. The second kappa shape index (κ2) is 5.50. The number of thiazole rings is 1. The van der Waals surface area contributed by atoms with Crippen LogP contribution in [0, 0.1) is 0 Å². The molecule has 7 heteroatoms. The molecule has 4 rings (SSSR count). The number of nitrogens with one attached hydrogen (secondary N) is 1. The van der Waals surface area contributed by atoms with Crippen molar-refractivity contribution in [2.45, 2.75) is 17.2 Å². The van der Waals surface area contributed by atoms with Crippen LogP contribution in [-0.2, 0) is 4.79 Å². The minimum absolute atomic E-state index is 0.0814. The van der Waals surface area contributed by atoms with E-state index in [0.717, 1.165) is 10.5 Å². The molecule has 1 N–H and O–H groups in total. The molecule has 1 atom stereocenters. The fourth-order valence-corrected chi connectivity index (χ4v) is 4.05. The molecule has 0 aliphatic carbocycles. The summed E-state index contributed by atoms with van der Waals surface area (Å²) in [5.74, 6) is 0.213. The lowest BCUT2D eigenvalue weighted by atomic mass is 9.87. The summed E-state index contributed by atoms with van der Waals surface area (Å²) in [6.45, 7) is 0. The Hall–Kier alpha value is -2.12. The van der Waals surface area contributed by atoms with Gasteiger partial charge in [0.25, 0.3) is 5.56 Å². The van der Waals surface area contributed by atoms with Gasteiger partial charge >= 0.3 is 0 Å². The quantitative estimate of drug-likeness (QED) is 0.727. The number of rotatable bonds is 2. The van der Waals surface area contributed by atoms with E-state index in [4.69, 9.17) is 0 Å². The molecule has 116 valence electrons. The average Bonchev–Trinajstić information content (AvgIpc) is 3.02. The van der Waals surface area contributed by atoms with Crippen LogP contribution >= 0.6 is 23.1 Å². The number of aromatic nitrogens is 2. The molecule has 1 unspecified atom stereocenters. The van der Waals surface area contributed by atoms with Crippen molar-refractivity contribution in [2.75, 3.05) is 11.6 Å². The third kappa shape index (κ3) is 2.36. The van der Waals surface area contributed by atoms with E-state index in [2.05, 4.69) is 10.3 Å². The van der Waals surface area contributed by atoms with E-state index in [1.165, 1.54) is 11.3 Å². The maximum Gasteiger partial charge on any atom is 0.279 e. The average molecular weight is 343 g/mol. The summed E-state index contributed by atoms with van der Waals surface area (Å²) >= 11 is 3.04. The highest BCUT2D eigenvalue weighted by atomic mass is 32.2. The second-order valence-electron chi connectivity index (χ2n) is 5.31. The van der Waals surface area contributed by atoms with Crippen molar-refractivity contribution in [3.05, 3.63) is 57.3 Å². The van der Waals surface area contributed by atoms with Crippen molar-refractivity contribution in [2.24, 2.45) is 0 Å². The smallest absolute Gasteiger partial charge is 0.279 e. The van der Waals surface area contributed by atoms with Crippen molar-refractivity contribution >= 4 is 39.8 Å². The molecule has 23 heavy (non-hydrogen) atoms. The molecule has 0 saturated heterocycles. The first-order valence-corrected chi connectivity index (χ1v) is 9.21. The molecule has 3 aromatic rings. The molecule has 0 bridgehead atoms. The first kappa shape index (κ1) is 14.5. The molecule has 3 heterocycles. The van der Waals surface area contributed by atoms with Gasteiger partial charge in [0.05, 0.1) is 5.56 Å². The van der Waals surface area contributed by atoms with Gasteiger partial charge in [0.1, 0.15) is 5.82 Å². The third-order valence-electron chi connectivity index (χ3n) is 4.03. The van der Waals surface area contributed by atoms with E-state index in [1.54, 1.807) is 16.2 Å². The Morgan fingerprint density at radius 3 is 2.83 bits per heavy atom. The SMILES string of the molecule is CSc1ccc(C2CC(=O)Nc3c2c(=O)nc2sccn32)cc1. The van der Waals surface area contributed by atoms with E-state index >= 15 is 0 Å². The highest BCUT2D eigenvalue weighted by molar-refractivity contribution is 7.98. The molecule has 1 aliphatic heterocycles. The van der Waals surface area contributed by atoms with Crippen LogP contribution in [0.15, 0.2) is 45.5 Å². The van der Waals surface area contributed by atoms with Crippen LogP contribution in [-0.4, -0.2) is 21.5 Å². The Bertz CT molecular complexity index is 960. The van der Waals surface area contributed by atoms with Gasteiger partial charge in [-0.1, -0.05) is 12.1 Å². The van der Waals surface area contributed by atoms with Gasteiger partial charge in [-0.05, 0) is 24.0 Å². The number of benzene rings is 1. The molecule has 0 radical (unpaired) electrons. The number of thioether (sulfide) groups is 1. The minimum Gasteiger partial charge on any atom is -0.311 e. The van der Waals surface area contributed by atoms with Crippen molar-refractivity contribution in [3.8, 4) is 0 Å². The van der Waals surface area contributed by atoms with E-state index in [-0.39, 0.29) is 23.8 Å². The van der Waals surface area contributed by atoms with Crippen molar-refractivity contribution < 1.29 is 4.79 Å². The van der Waals surface area contributed by atoms with Gasteiger partial charge in [-0.2, -0.15) is 4.98 Å². The van der Waals surface area contributed by atoms with E-state index in [9.17, 15) is 9.59 Å². The first-order chi connectivity index (χ1) is 11.2. The fourth-order valence-electron chi connectivity index (χ4n) is 2.93. The Kier molecular flexibility index (Phi) is 3.46. The van der Waals surface area contributed by atoms with Gasteiger partial charge in [0, 0.05) is 28.8 Å². The molecule has 0 fully saturated rings. The summed E-state index contributed by atoms with van der Waals surface area (Å²) in [5, 5.41) is 4.69. The number of amides is 1. The van der Waals surface area contributed by atoms with Gasteiger partial charge in [0.2, 0.25) is 5.91 Å². The van der Waals surface area contributed by atoms with Gasteiger partial charge < -0.3 is 5.32 Å². The third-order valence-corrected chi connectivity index (χ3v) is 5.53. The summed E-state index contributed by atoms with van der Waals surface area (Å²) < 4.78 is 1.78. The summed E-state index contributed by atoms with van der Waals surface area (Å²) in [5.41, 5.74) is 1.27. The number of fused-ring (bicyclic) bond motifs is 3. The number of nitrogens with zero attached hydrogens (tertiary/aromatic N) is 2. The summed E-state index contributed by atoms with van der Waals surface area (Å²) in [7, 11) is 0. The van der Waals surface area contributed by atoms with Crippen LogP contribution < -0.4 is 10.9 Å². The lowest BCUT2D eigenvalue weighted by molar-refractivity contribution is -0.116. The van der Waals surface area contributed by atoms with Gasteiger partial charge in [-0.25, -0.2) is 0 Å². The minimum atomic E-state index is -0.263. The lowest BCUT2D eigenvalue weighted by Gasteiger charge is -2.25. The van der Waals surface area contributed by atoms with Crippen molar-refractivity contribution in [3.63, 3.8) is 0 Å². The molecule has 0 saturated carbocycles. The number of hydrogen-bond donors (Lipinski definition) is 1. The van der Waals surface area contributed by atoms with E-state index in [0.29, 0.717) is 16.3 Å². The predicted molar refractivity (Wildman–Crippen MR) is 92.7 cm³/mol. The first-order valence-electron chi connectivity index (χ1n) is 7.11. The Labute approximate surface area is 140 Å². The lowest BCUT2D eigenvalue weighted by Crippen LogP contribution is -2.31. The molecule has 1 amide bonds. The zero-order valence-corrected chi connectivity index (χ0v) is 13.9. The Morgan fingerprint density at radius 2 is 2.09 bits per heavy atom. The van der Waals surface area contributed by atoms with Gasteiger partial charge in [0.15, 0.2) is 4.96 Å². The van der Waals surface area contributed by atoms with Crippen LogP contribution in [0.3, 0.4) is 0 Å². The molecule has 5 nitrogen and oxygen atoms in total. The highest BCUT2D eigenvalue weighted by Gasteiger charge is 2.31. The van der Waals surface area contributed by atoms with Crippen molar-refractivity contribution in [1.82, 2.24) is 9.38 Å². The zero-order chi connectivity index (χ0) is 16.0. The number of anilines is 1. The molecular formula is C16H13N3O2S2. The maximum atomic E-state index is 12.5. The highest BCUT2D eigenvalue weighted by Crippen LogP contribution is 2.35. The van der Waals surface area contributed by atoms with Crippen LogP contribution in [0.1, 0.15) is 23.5 Å². The molecule has 1 aliphatic rings. The zero-order valence-electron chi connectivity index (χ0n) is 12.3. The van der Waals surface area contributed by atoms with Crippen LogP contribution in [0.2, 0.25) is 0 Å². The van der Waals surface area contributed by atoms with Crippen LogP contribution in [0.5, 0.6) is 0 Å².